The maximum absolute atomic E-state index is 10.1. The second-order valence-corrected chi connectivity index (χ2v) is 5.05. The van der Waals surface area contributed by atoms with E-state index < -0.39 is 6.10 Å². The zero-order chi connectivity index (χ0) is 13.0. The van der Waals surface area contributed by atoms with Gasteiger partial charge in [0.2, 0.25) is 0 Å². The Morgan fingerprint density at radius 2 is 1.67 bits per heavy atom. The summed E-state index contributed by atoms with van der Waals surface area (Å²) in [5.41, 5.74) is 3.39. The van der Waals surface area contributed by atoms with E-state index in [4.69, 9.17) is 11.6 Å². The molecule has 1 unspecified atom stereocenters. The molecule has 2 aromatic carbocycles. The molecule has 1 N–H and O–H groups in total. The minimum absolute atomic E-state index is 0.396. The van der Waals surface area contributed by atoms with Gasteiger partial charge in [-0.3, -0.25) is 0 Å². The van der Waals surface area contributed by atoms with Gasteiger partial charge in [0.05, 0.1) is 6.10 Å². The zero-order valence-corrected chi connectivity index (χ0v) is 11.2. The molecular weight excluding hydrogens is 244 g/mol. The van der Waals surface area contributed by atoms with Crippen molar-refractivity contribution in [1.29, 1.82) is 0 Å². The summed E-state index contributed by atoms with van der Waals surface area (Å²) in [6.07, 6.45) is 0.853. The van der Waals surface area contributed by atoms with Crippen molar-refractivity contribution in [3.8, 4) is 0 Å². The number of benzene rings is 2. The highest BCUT2D eigenvalue weighted by Crippen LogP contribution is 2.18. The van der Waals surface area contributed by atoms with Crippen LogP contribution < -0.4 is 0 Å². The van der Waals surface area contributed by atoms with Gasteiger partial charge < -0.3 is 5.11 Å². The molecule has 0 heterocycles. The van der Waals surface area contributed by atoms with Crippen LogP contribution in [0, 0.1) is 6.92 Å². The number of halogens is 1. The largest absolute Gasteiger partial charge is 0.392 e. The van der Waals surface area contributed by atoms with Crippen molar-refractivity contribution in [1.82, 2.24) is 0 Å². The number of rotatable bonds is 4. The average Bonchev–Trinajstić information content (AvgIpc) is 2.35. The van der Waals surface area contributed by atoms with Crippen LogP contribution >= 0.6 is 11.6 Å². The van der Waals surface area contributed by atoms with Crippen molar-refractivity contribution >= 4 is 11.6 Å². The fourth-order valence-corrected chi connectivity index (χ4v) is 2.20. The van der Waals surface area contributed by atoms with E-state index in [2.05, 4.69) is 31.2 Å². The fraction of sp³-hybridized carbons (Fsp3) is 0.250. The van der Waals surface area contributed by atoms with Crippen LogP contribution in [0.4, 0.5) is 0 Å². The number of aliphatic hydroxyl groups is 1. The first-order valence-electron chi connectivity index (χ1n) is 6.12. The van der Waals surface area contributed by atoms with Crippen molar-refractivity contribution in [3.05, 3.63) is 70.2 Å². The predicted octanol–water partition coefficient (Wildman–Crippen LogP) is 3.79. The fourth-order valence-electron chi connectivity index (χ4n) is 1.99. The highest BCUT2D eigenvalue weighted by molar-refractivity contribution is 6.31. The van der Waals surface area contributed by atoms with Crippen LogP contribution in [0.1, 0.15) is 16.7 Å². The first-order valence-corrected chi connectivity index (χ1v) is 6.50. The second kappa shape index (κ2) is 6.03. The molecule has 2 heteroatoms. The van der Waals surface area contributed by atoms with Crippen LogP contribution in [0.2, 0.25) is 5.02 Å². The van der Waals surface area contributed by atoms with Crippen molar-refractivity contribution in [2.24, 2.45) is 0 Å². The van der Waals surface area contributed by atoms with Gasteiger partial charge in [-0.05, 0) is 30.5 Å². The minimum atomic E-state index is -0.396. The topological polar surface area (TPSA) is 20.2 Å². The van der Waals surface area contributed by atoms with Crippen molar-refractivity contribution in [3.63, 3.8) is 0 Å². The zero-order valence-electron chi connectivity index (χ0n) is 10.4. The van der Waals surface area contributed by atoms with Crippen LogP contribution in [0.3, 0.4) is 0 Å². The molecule has 2 rings (SSSR count). The predicted molar refractivity (Wildman–Crippen MR) is 76.0 cm³/mol. The molecule has 0 radical (unpaired) electrons. The highest BCUT2D eigenvalue weighted by atomic mass is 35.5. The van der Waals surface area contributed by atoms with Gasteiger partial charge in [0.1, 0.15) is 0 Å². The molecule has 2 aromatic rings. The molecule has 94 valence electrons. The minimum Gasteiger partial charge on any atom is -0.392 e. The smallest absolute Gasteiger partial charge is 0.0621 e. The third-order valence-electron chi connectivity index (χ3n) is 3.01. The summed E-state index contributed by atoms with van der Waals surface area (Å²) < 4.78 is 0. The second-order valence-electron chi connectivity index (χ2n) is 4.64. The van der Waals surface area contributed by atoms with Crippen molar-refractivity contribution < 1.29 is 5.11 Å². The molecule has 0 aromatic heterocycles. The standard InChI is InChI=1S/C16H17ClO/c1-12-6-8-13(9-7-12)10-15(18)11-14-4-2-3-5-16(14)17/h2-9,15,18H,10-11H2,1H3. The Morgan fingerprint density at radius 3 is 2.33 bits per heavy atom. The van der Waals surface area contributed by atoms with Gasteiger partial charge in [-0.1, -0.05) is 59.6 Å². The van der Waals surface area contributed by atoms with E-state index in [0.29, 0.717) is 12.8 Å². The maximum atomic E-state index is 10.1. The van der Waals surface area contributed by atoms with Crippen LogP contribution in [0.15, 0.2) is 48.5 Å². The van der Waals surface area contributed by atoms with Gasteiger partial charge in [-0.2, -0.15) is 0 Å². The molecule has 0 bridgehead atoms. The molecule has 0 aliphatic carbocycles. The number of aliphatic hydroxyl groups excluding tert-OH is 1. The van der Waals surface area contributed by atoms with Gasteiger partial charge in [0.15, 0.2) is 0 Å². The van der Waals surface area contributed by atoms with Gasteiger partial charge in [0.25, 0.3) is 0 Å². The van der Waals surface area contributed by atoms with Crippen LogP contribution in [-0.4, -0.2) is 11.2 Å². The van der Waals surface area contributed by atoms with E-state index in [-0.39, 0.29) is 0 Å². The van der Waals surface area contributed by atoms with E-state index >= 15 is 0 Å². The number of aryl methyl sites for hydroxylation is 1. The summed E-state index contributed by atoms with van der Waals surface area (Å²) in [6.45, 7) is 2.06. The van der Waals surface area contributed by atoms with E-state index in [1.165, 1.54) is 5.56 Å². The van der Waals surface area contributed by atoms with Gasteiger partial charge in [-0.25, -0.2) is 0 Å². The van der Waals surface area contributed by atoms with Crippen molar-refractivity contribution in [2.75, 3.05) is 0 Å². The Balaban J connectivity index is 1.99. The third kappa shape index (κ3) is 3.59. The van der Waals surface area contributed by atoms with Crippen molar-refractivity contribution in [2.45, 2.75) is 25.9 Å². The Labute approximate surface area is 113 Å². The molecule has 18 heavy (non-hydrogen) atoms. The van der Waals surface area contributed by atoms with E-state index in [1.54, 1.807) is 0 Å². The normalized spacial score (nSPS) is 12.4. The van der Waals surface area contributed by atoms with Crippen LogP contribution in [0.25, 0.3) is 0 Å². The Hall–Kier alpha value is -1.31. The van der Waals surface area contributed by atoms with E-state index in [9.17, 15) is 5.11 Å². The van der Waals surface area contributed by atoms with E-state index in [0.717, 1.165) is 16.1 Å². The lowest BCUT2D eigenvalue weighted by Gasteiger charge is -2.12. The molecule has 1 atom stereocenters. The summed E-state index contributed by atoms with van der Waals surface area (Å²) in [7, 11) is 0. The number of hydrogen-bond donors (Lipinski definition) is 1. The van der Waals surface area contributed by atoms with E-state index in [1.807, 2.05) is 24.3 Å². The van der Waals surface area contributed by atoms with Gasteiger partial charge in [-0.15, -0.1) is 0 Å². The number of hydrogen-bond acceptors (Lipinski definition) is 1. The summed E-state index contributed by atoms with van der Waals surface area (Å²) in [5, 5.41) is 10.8. The third-order valence-corrected chi connectivity index (χ3v) is 3.37. The monoisotopic (exact) mass is 260 g/mol. The van der Waals surface area contributed by atoms with Gasteiger partial charge in [0, 0.05) is 11.4 Å². The Kier molecular flexibility index (Phi) is 4.40. The van der Waals surface area contributed by atoms with Crippen LogP contribution in [0.5, 0.6) is 0 Å². The molecule has 0 aliphatic heterocycles. The molecule has 0 saturated carbocycles. The molecule has 0 amide bonds. The maximum Gasteiger partial charge on any atom is 0.0621 e. The quantitative estimate of drug-likeness (QED) is 0.887. The molecule has 0 saturated heterocycles. The Morgan fingerprint density at radius 1 is 1.00 bits per heavy atom. The molecule has 0 spiro atoms. The summed E-state index contributed by atoms with van der Waals surface area (Å²) >= 11 is 6.08. The highest BCUT2D eigenvalue weighted by Gasteiger charge is 2.09. The van der Waals surface area contributed by atoms with Crippen LogP contribution in [-0.2, 0) is 12.8 Å². The lowest BCUT2D eigenvalue weighted by atomic mass is 10.0. The lowest BCUT2D eigenvalue weighted by Crippen LogP contribution is -2.14. The molecule has 0 aliphatic rings. The molecule has 0 fully saturated rings. The SMILES string of the molecule is Cc1ccc(CC(O)Cc2ccccc2Cl)cc1. The summed E-state index contributed by atoms with van der Waals surface area (Å²) in [4.78, 5) is 0. The first-order chi connectivity index (χ1) is 8.65. The average molecular weight is 261 g/mol. The molecular formula is C16H17ClO. The Bertz CT molecular complexity index is 505. The summed E-state index contributed by atoms with van der Waals surface area (Å²) in [5.74, 6) is 0. The molecule has 1 nitrogen and oxygen atoms in total. The summed E-state index contributed by atoms with van der Waals surface area (Å²) in [6, 6.07) is 15.9. The lowest BCUT2D eigenvalue weighted by molar-refractivity contribution is 0.175. The first kappa shape index (κ1) is 13.1. The van der Waals surface area contributed by atoms with Gasteiger partial charge >= 0.3 is 0 Å².